The van der Waals surface area contributed by atoms with E-state index < -0.39 is 0 Å². The lowest BCUT2D eigenvalue weighted by atomic mass is 10.1. The monoisotopic (exact) mass is 302 g/mol. The molecule has 0 fully saturated rings. The van der Waals surface area contributed by atoms with Gasteiger partial charge in [0.05, 0.1) is 6.10 Å². The zero-order chi connectivity index (χ0) is 14.3. The van der Waals surface area contributed by atoms with Gasteiger partial charge in [0.2, 0.25) is 0 Å². The fraction of sp³-hybridized carbons (Fsp3) is 0.625. The summed E-state index contributed by atoms with van der Waals surface area (Å²) in [4.78, 5) is 0. The van der Waals surface area contributed by atoms with Crippen LogP contribution in [0.5, 0.6) is 5.75 Å². The molecule has 3 heteroatoms. The summed E-state index contributed by atoms with van der Waals surface area (Å²) in [5.41, 5.74) is 0.911. The van der Waals surface area contributed by atoms with Crippen molar-refractivity contribution in [2.24, 2.45) is 0 Å². The first kappa shape index (κ1) is 16.7. The van der Waals surface area contributed by atoms with Gasteiger partial charge in [0.25, 0.3) is 0 Å². The quantitative estimate of drug-likeness (QED) is 0.537. The lowest BCUT2D eigenvalue weighted by Crippen LogP contribution is -2.16. The van der Waals surface area contributed by atoms with Crippen molar-refractivity contribution in [2.45, 2.75) is 65.4 Å². The molecule has 0 aromatic heterocycles. The van der Waals surface area contributed by atoms with E-state index in [1.807, 2.05) is 19.1 Å². The van der Waals surface area contributed by atoms with Gasteiger partial charge in [-0.3, -0.25) is 0 Å². The molecule has 0 spiro atoms. The number of hydrogen-bond acceptors (Lipinski definition) is 1. The highest BCUT2D eigenvalue weighted by Crippen LogP contribution is 2.30. The van der Waals surface area contributed by atoms with E-state index in [0.29, 0.717) is 10.0 Å². The summed E-state index contributed by atoms with van der Waals surface area (Å²) in [5.74, 6) is 0.790. The van der Waals surface area contributed by atoms with Crippen molar-refractivity contribution in [1.29, 1.82) is 0 Å². The first-order valence-electron chi connectivity index (χ1n) is 7.20. The smallest absolute Gasteiger partial charge is 0.122 e. The molecule has 0 bridgehead atoms. The van der Waals surface area contributed by atoms with Crippen LogP contribution in [-0.2, 0) is 0 Å². The highest BCUT2D eigenvalue weighted by Gasteiger charge is 2.12. The molecule has 19 heavy (non-hydrogen) atoms. The first-order chi connectivity index (χ1) is 9.08. The molecule has 0 amide bonds. The number of hydrogen-bond donors (Lipinski definition) is 0. The van der Waals surface area contributed by atoms with Gasteiger partial charge in [0, 0.05) is 10.0 Å². The lowest BCUT2D eigenvalue weighted by Gasteiger charge is -2.19. The van der Waals surface area contributed by atoms with Crippen molar-refractivity contribution in [2.75, 3.05) is 0 Å². The van der Waals surface area contributed by atoms with E-state index in [1.165, 1.54) is 25.7 Å². The van der Waals surface area contributed by atoms with Crippen molar-refractivity contribution < 1.29 is 4.74 Å². The van der Waals surface area contributed by atoms with E-state index in [-0.39, 0.29) is 6.10 Å². The number of rotatable bonds is 8. The summed E-state index contributed by atoms with van der Waals surface area (Å²) in [7, 11) is 0. The standard InChI is InChI=1S/C16H24Cl2O/c1-4-6-8-13(9-7-5-2)19-14-10-15(17)12(3)16(18)11-14/h10-11,13H,4-9H2,1-3H3. The van der Waals surface area contributed by atoms with E-state index in [9.17, 15) is 0 Å². The number of ether oxygens (including phenoxy) is 1. The third-order valence-electron chi connectivity index (χ3n) is 3.32. The molecule has 0 heterocycles. The predicted octanol–water partition coefficient (Wildman–Crippen LogP) is 6.43. The minimum absolute atomic E-state index is 0.273. The van der Waals surface area contributed by atoms with Crippen LogP contribution in [0.3, 0.4) is 0 Å². The third kappa shape index (κ3) is 5.62. The molecule has 0 atom stereocenters. The van der Waals surface area contributed by atoms with Gasteiger partial charge < -0.3 is 4.74 Å². The largest absolute Gasteiger partial charge is 0.490 e. The van der Waals surface area contributed by atoms with Gasteiger partial charge in [0.15, 0.2) is 0 Å². The second kappa shape index (κ2) is 8.71. The van der Waals surface area contributed by atoms with E-state index in [1.54, 1.807) is 0 Å². The van der Waals surface area contributed by atoms with Crippen molar-refractivity contribution >= 4 is 23.2 Å². The average Bonchev–Trinajstić information content (AvgIpc) is 2.39. The molecule has 0 aliphatic rings. The zero-order valence-electron chi connectivity index (χ0n) is 12.1. The van der Waals surface area contributed by atoms with Crippen LogP contribution in [0.4, 0.5) is 0 Å². The molecular weight excluding hydrogens is 279 g/mol. The Hall–Kier alpha value is -0.400. The summed E-state index contributed by atoms with van der Waals surface area (Å²) < 4.78 is 6.07. The van der Waals surface area contributed by atoms with Crippen LogP contribution >= 0.6 is 23.2 Å². The molecule has 0 N–H and O–H groups in total. The van der Waals surface area contributed by atoms with Crippen LogP contribution in [0.2, 0.25) is 10.0 Å². The molecule has 1 aromatic rings. The molecule has 0 saturated heterocycles. The molecule has 0 saturated carbocycles. The lowest BCUT2D eigenvalue weighted by molar-refractivity contribution is 0.174. The molecule has 0 unspecified atom stereocenters. The fourth-order valence-corrected chi connectivity index (χ4v) is 2.48. The van der Waals surface area contributed by atoms with E-state index in [2.05, 4.69) is 13.8 Å². The fourth-order valence-electron chi connectivity index (χ4n) is 2.01. The summed E-state index contributed by atoms with van der Waals surface area (Å²) >= 11 is 12.3. The maximum absolute atomic E-state index is 6.15. The van der Waals surface area contributed by atoms with E-state index in [0.717, 1.165) is 24.2 Å². The highest BCUT2D eigenvalue weighted by molar-refractivity contribution is 6.36. The molecule has 108 valence electrons. The highest BCUT2D eigenvalue weighted by atomic mass is 35.5. The number of benzene rings is 1. The second-order valence-electron chi connectivity index (χ2n) is 5.04. The Morgan fingerprint density at radius 3 is 1.89 bits per heavy atom. The molecule has 1 rings (SSSR count). The summed E-state index contributed by atoms with van der Waals surface area (Å²) in [6, 6.07) is 3.74. The van der Waals surface area contributed by atoms with Gasteiger partial charge in [-0.1, -0.05) is 62.7 Å². The Labute approximate surface area is 127 Å². The van der Waals surface area contributed by atoms with Crippen molar-refractivity contribution in [1.82, 2.24) is 0 Å². The molecular formula is C16H24Cl2O. The van der Waals surface area contributed by atoms with Crippen molar-refractivity contribution in [3.05, 3.63) is 27.7 Å². The Morgan fingerprint density at radius 2 is 1.47 bits per heavy atom. The van der Waals surface area contributed by atoms with Crippen LogP contribution in [0.1, 0.15) is 57.9 Å². The van der Waals surface area contributed by atoms with Crippen LogP contribution in [-0.4, -0.2) is 6.10 Å². The zero-order valence-corrected chi connectivity index (χ0v) is 13.7. The Morgan fingerprint density at radius 1 is 1.00 bits per heavy atom. The Balaban J connectivity index is 2.71. The van der Waals surface area contributed by atoms with Gasteiger partial charge in [-0.2, -0.15) is 0 Å². The Bertz CT molecular complexity index is 359. The van der Waals surface area contributed by atoms with Gasteiger partial charge in [-0.05, 0) is 37.5 Å². The van der Waals surface area contributed by atoms with Crippen LogP contribution < -0.4 is 4.74 Å². The van der Waals surface area contributed by atoms with Gasteiger partial charge in [-0.15, -0.1) is 0 Å². The molecule has 0 radical (unpaired) electrons. The SMILES string of the molecule is CCCCC(CCCC)Oc1cc(Cl)c(C)c(Cl)c1. The third-order valence-corrected chi connectivity index (χ3v) is 4.10. The van der Waals surface area contributed by atoms with Gasteiger partial charge >= 0.3 is 0 Å². The van der Waals surface area contributed by atoms with Gasteiger partial charge in [-0.25, -0.2) is 0 Å². The topological polar surface area (TPSA) is 9.23 Å². The second-order valence-corrected chi connectivity index (χ2v) is 5.85. The van der Waals surface area contributed by atoms with Crippen LogP contribution in [0, 0.1) is 6.92 Å². The minimum Gasteiger partial charge on any atom is -0.490 e. The maximum atomic E-state index is 6.15. The maximum Gasteiger partial charge on any atom is 0.122 e. The summed E-state index contributed by atoms with van der Waals surface area (Å²) in [6.45, 7) is 6.33. The van der Waals surface area contributed by atoms with Gasteiger partial charge in [0.1, 0.15) is 5.75 Å². The van der Waals surface area contributed by atoms with Crippen molar-refractivity contribution in [3.8, 4) is 5.75 Å². The first-order valence-corrected chi connectivity index (χ1v) is 7.96. The molecule has 0 aliphatic heterocycles. The molecule has 1 nitrogen and oxygen atoms in total. The van der Waals surface area contributed by atoms with Crippen LogP contribution in [0.25, 0.3) is 0 Å². The number of halogens is 2. The van der Waals surface area contributed by atoms with E-state index in [4.69, 9.17) is 27.9 Å². The predicted molar refractivity (Wildman–Crippen MR) is 84.7 cm³/mol. The molecule has 0 aliphatic carbocycles. The molecule has 1 aromatic carbocycles. The van der Waals surface area contributed by atoms with Crippen LogP contribution in [0.15, 0.2) is 12.1 Å². The minimum atomic E-state index is 0.273. The number of unbranched alkanes of at least 4 members (excludes halogenated alkanes) is 2. The average molecular weight is 303 g/mol. The summed E-state index contributed by atoms with van der Waals surface area (Å²) in [6.07, 6.45) is 7.25. The Kier molecular flexibility index (Phi) is 7.63. The normalized spacial score (nSPS) is 11.1. The van der Waals surface area contributed by atoms with Crippen molar-refractivity contribution in [3.63, 3.8) is 0 Å². The summed E-state index contributed by atoms with van der Waals surface area (Å²) in [5, 5.41) is 1.35. The van der Waals surface area contributed by atoms with E-state index >= 15 is 0 Å².